The molecule has 0 aromatic heterocycles. The van der Waals surface area contributed by atoms with E-state index in [4.69, 9.17) is 5.11 Å². The number of carbonyl (C=O) groups is 2. The van der Waals surface area contributed by atoms with Crippen molar-refractivity contribution in [2.45, 2.75) is 25.3 Å². The summed E-state index contributed by atoms with van der Waals surface area (Å²) in [6.45, 7) is 0.199. The van der Waals surface area contributed by atoms with E-state index in [1.165, 1.54) is 10.5 Å². The van der Waals surface area contributed by atoms with Crippen LogP contribution in [0.25, 0.3) is 11.1 Å². The summed E-state index contributed by atoms with van der Waals surface area (Å²) < 4.78 is 0. The van der Waals surface area contributed by atoms with Crippen molar-refractivity contribution in [1.82, 2.24) is 10.2 Å². The number of fused-ring (bicyclic) bond motifs is 1. The fourth-order valence-electron chi connectivity index (χ4n) is 3.19. The van der Waals surface area contributed by atoms with Gasteiger partial charge in [-0.3, -0.25) is 4.79 Å². The summed E-state index contributed by atoms with van der Waals surface area (Å²) in [5, 5.41) is 11.8. The van der Waals surface area contributed by atoms with Gasteiger partial charge in [0.1, 0.15) is 0 Å². The predicted molar refractivity (Wildman–Crippen MR) is 96.4 cm³/mol. The third-order valence-electron chi connectivity index (χ3n) is 4.64. The molecule has 1 unspecified atom stereocenters. The molecule has 1 aliphatic rings. The Labute approximate surface area is 147 Å². The van der Waals surface area contributed by atoms with Gasteiger partial charge in [-0.2, -0.15) is 0 Å². The Hall–Kier alpha value is -2.82. The number of aliphatic carboxylic acids is 1. The van der Waals surface area contributed by atoms with Gasteiger partial charge in [-0.15, -0.1) is 0 Å². The zero-order chi connectivity index (χ0) is 17.8. The number of rotatable bonds is 5. The molecule has 0 bridgehead atoms. The standard InChI is InChI=1S/C20H22N2O3/c1-22(12-11-19(23)24)20(25)21-18-10-9-15-7-8-16(13-17(15)18)14-5-3-2-4-6-14/h2-8,13,18H,9-12H2,1H3,(H,21,25)(H,23,24). The van der Waals surface area contributed by atoms with Crippen molar-refractivity contribution in [3.63, 3.8) is 0 Å². The first kappa shape index (κ1) is 17.0. The number of urea groups is 1. The second-order valence-electron chi connectivity index (χ2n) is 6.39. The third kappa shape index (κ3) is 3.99. The van der Waals surface area contributed by atoms with E-state index in [-0.39, 0.29) is 25.0 Å². The van der Waals surface area contributed by atoms with Gasteiger partial charge in [-0.1, -0.05) is 42.5 Å². The fourth-order valence-corrected chi connectivity index (χ4v) is 3.19. The van der Waals surface area contributed by atoms with Crippen LogP contribution in [0, 0.1) is 0 Å². The van der Waals surface area contributed by atoms with Crippen LogP contribution < -0.4 is 5.32 Å². The van der Waals surface area contributed by atoms with Gasteiger partial charge in [-0.05, 0) is 41.2 Å². The highest BCUT2D eigenvalue weighted by Crippen LogP contribution is 2.34. The Morgan fingerprint density at radius 2 is 1.92 bits per heavy atom. The lowest BCUT2D eigenvalue weighted by Crippen LogP contribution is -2.39. The molecule has 1 atom stereocenters. The second kappa shape index (κ2) is 7.38. The zero-order valence-corrected chi connectivity index (χ0v) is 14.2. The molecule has 0 radical (unpaired) electrons. The van der Waals surface area contributed by atoms with Crippen LogP contribution in [0.1, 0.15) is 30.0 Å². The van der Waals surface area contributed by atoms with Crippen LogP contribution in [0.2, 0.25) is 0 Å². The van der Waals surface area contributed by atoms with Crippen molar-refractivity contribution in [2.24, 2.45) is 0 Å². The Morgan fingerprint density at radius 1 is 1.16 bits per heavy atom. The van der Waals surface area contributed by atoms with Crippen LogP contribution in [-0.4, -0.2) is 35.6 Å². The lowest BCUT2D eigenvalue weighted by atomic mass is 9.99. The van der Waals surface area contributed by atoms with Gasteiger partial charge in [0.25, 0.3) is 0 Å². The van der Waals surface area contributed by atoms with Gasteiger partial charge in [0.15, 0.2) is 0 Å². The number of hydrogen-bond donors (Lipinski definition) is 2. The molecule has 2 N–H and O–H groups in total. The number of carboxylic acid groups (broad SMARTS) is 1. The molecular formula is C20H22N2O3. The maximum absolute atomic E-state index is 12.3. The Kier molecular flexibility index (Phi) is 5.03. The van der Waals surface area contributed by atoms with E-state index >= 15 is 0 Å². The highest BCUT2D eigenvalue weighted by atomic mass is 16.4. The lowest BCUT2D eigenvalue weighted by Gasteiger charge is -2.21. The molecule has 2 amide bonds. The van der Waals surface area contributed by atoms with Gasteiger partial charge in [0, 0.05) is 13.6 Å². The highest BCUT2D eigenvalue weighted by Gasteiger charge is 2.25. The summed E-state index contributed by atoms with van der Waals surface area (Å²) >= 11 is 0. The molecule has 25 heavy (non-hydrogen) atoms. The van der Waals surface area contributed by atoms with E-state index in [2.05, 4.69) is 35.6 Å². The summed E-state index contributed by atoms with van der Waals surface area (Å²) in [6, 6.07) is 16.3. The predicted octanol–water partition coefficient (Wildman–Crippen LogP) is 3.46. The summed E-state index contributed by atoms with van der Waals surface area (Å²) in [6.07, 6.45) is 1.75. The molecule has 0 saturated carbocycles. The SMILES string of the molecule is CN(CCC(=O)O)C(=O)NC1CCc2ccc(-c3ccccc3)cc21. The summed E-state index contributed by atoms with van der Waals surface area (Å²) in [4.78, 5) is 24.4. The number of aryl methyl sites for hydroxylation is 1. The van der Waals surface area contributed by atoms with Crippen LogP contribution in [0.3, 0.4) is 0 Å². The fraction of sp³-hybridized carbons (Fsp3) is 0.300. The Balaban J connectivity index is 1.72. The smallest absolute Gasteiger partial charge is 0.317 e. The van der Waals surface area contributed by atoms with Crippen molar-refractivity contribution < 1.29 is 14.7 Å². The number of benzene rings is 2. The van der Waals surface area contributed by atoms with E-state index in [9.17, 15) is 9.59 Å². The molecule has 5 nitrogen and oxygen atoms in total. The molecule has 2 aromatic rings. The topological polar surface area (TPSA) is 69.6 Å². The monoisotopic (exact) mass is 338 g/mol. The van der Waals surface area contributed by atoms with Crippen molar-refractivity contribution in [3.05, 3.63) is 59.7 Å². The average Bonchev–Trinajstić information content (AvgIpc) is 3.02. The molecule has 130 valence electrons. The minimum Gasteiger partial charge on any atom is -0.481 e. The molecule has 0 aliphatic heterocycles. The number of nitrogens with one attached hydrogen (secondary N) is 1. The van der Waals surface area contributed by atoms with Crippen LogP contribution >= 0.6 is 0 Å². The minimum absolute atomic E-state index is 0.0292. The quantitative estimate of drug-likeness (QED) is 0.877. The molecular weight excluding hydrogens is 316 g/mol. The van der Waals surface area contributed by atoms with Gasteiger partial charge < -0.3 is 15.3 Å². The molecule has 5 heteroatoms. The molecule has 3 rings (SSSR count). The summed E-state index contributed by atoms with van der Waals surface area (Å²) in [5.41, 5.74) is 4.71. The first-order valence-corrected chi connectivity index (χ1v) is 8.46. The summed E-state index contributed by atoms with van der Waals surface area (Å²) in [7, 11) is 1.62. The normalized spacial score (nSPS) is 15.5. The molecule has 0 heterocycles. The number of carboxylic acids is 1. The average molecular weight is 338 g/mol. The Morgan fingerprint density at radius 3 is 2.64 bits per heavy atom. The maximum atomic E-state index is 12.3. The van der Waals surface area contributed by atoms with Crippen molar-refractivity contribution in [1.29, 1.82) is 0 Å². The molecule has 1 aliphatic carbocycles. The molecule has 0 spiro atoms. The van der Waals surface area contributed by atoms with Crippen LogP contribution in [0.15, 0.2) is 48.5 Å². The zero-order valence-electron chi connectivity index (χ0n) is 14.2. The molecule has 2 aromatic carbocycles. The number of carbonyl (C=O) groups excluding carboxylic acids is 1. The van der Waals surface area contributed by atoms with Crippen LogP contribution in [-0.2, 0) is 11.2 Å². The third-order valence-corrected chi connectivity index (χ3v) is 4.64. The molecule has 0 fully saturated rings. The number of hydrogen-bond acceptors (Lipinski definition) is 2. The Bertz CT molecular complexity index is 774. The van der Waals surface area contributed by atoms with Crippen molar-refractivity contribution >= 4 is 12.0 Å². The lowest BCUT2D eigenvalue weighted by molar-refractivity contribution is -0.137. The number of amides is 2. The maximum Gasteiger partial charge on any atom is 0.317 e. The van der Waals surface area contributed by atoms with E-state index in [0.29, 0.717) is 0 Å². The minimum atomic E-state index is -0.904. The van der Waals surface area contributed by atoms with E-state index in [1.807, 2.05) is 18.2 Å². The van der Waals surface area contributed by atoms with Gasteiger partial charge in [0.05, 0.1) is 12.5 Å². The molecule has 0 saturated heterocycles. The van der Waals surface area contributed by atoms with Crippen LogP contribution in [0.5, 0.6) is 0 Å². The van der Waals surface area contributed by atoms with Crippen molar-refractivity contribution in [2.75, 3.05) is 13.6 Å². The van der Waals surface area contributed by atoms with Gasteiger partial charge >= 0.3 is 12.0 Å². The van der Waals surface area contributed by atoms with E-state index < -0.39 is 5.97 Å². The van der Waals surface area contributed by atoms with Crippen LogP contribution in [0.4, 0.5) is 4.79 Å². The number of nitrogens with zero attached hydrogens (tertiary/aromatic N) is 1. The first-order chi connectivity index (χ1) is 12.0. The van der Waals surface area contributed by atoms with Gasteiger partial charge in [0.2, 0.25) is 0 Å². The first-order valence-electron chi connectivity index (χ1n) is 8.46. The van der Waals surface area contributed by atoms with Crippen molar-refractivity contribution in [3.8, 4) is 11.1 Å². The highest BCUT2D eigenvalue weighted by molar-refractivity contribution is 5.76. The van der Waals surface area contributed by atoms with E-state index in [0.717, 1.165) is 29.5 Å². The summed E-state index contributed by atoms with van der Waals surface area (Å²) in [5.74, 6) is -0.904. The van der Waals surface area contributed by atoms with E-state index in [1.54, 1.807) is 7.05 Å². The largest absolute Gasteiger partial charge is 0.481 e. The van der Waals surface area contributed by atoms with Gasteiger partial charge in [-0.25, -0.2) is 4.79 Å². The second-order valence-corrected chi connectivity index (χ2v) is 6.39.